The minimum absolute atomic E-state index is 0.264. The van der Waals surface area contributed by atoms with Crippen LogP contribution in [0.15, 0.2) is 30.3 Å². The second-order valence-electron chi connectivity index (χ2n) is 8.29. The van der Waals surface area contributed by atoms with Crippen molar-refractivity contribution < 1.29 is 19.3 Å². The molecule has 156 valence electrons. The minimum atomic E-state index is -0.608. The number of nitrogens with one attached hydrogen (secondary N) is 1. The lowest BCUT2D eigenvalue weighted by molar-refractivity contribution is 0.00706. The molecule has 8 heteroatoms. The average molecular weight is 428 g/mol. The Morgan fingerprint density at radius 3 is 2.97 bits per heavy atom. The van der Waals surface area contributed by atoms with Crippen LogP contribution in [0.3, 0.4) is 0 Å². The van der Waals surface area contributed by atoms with Crippen molar-refractivity contribution in [2.75, 3.05) is 13.2 Å². The molecule has 0 saturated carbocycles. The Bertz CT molecular complexity index is 1100. The molecule has 5 atom stereocenters. The summed E-state index contributed by atoms with van der Waals surface area (Å²) in [7, 11) is 0. The van der Waals surface area contributed by atoms with Crippen molar-refractivity contribution >= 4 is 22.8 Å². The monoisotopic (exact) mass is 427 g/mol. The zero-order valence-electron chi connectivity index (χ0n) is 16.3. The van der Waals surface area contributed by atoms with E-state index in [1.807, 2.05) is 6.07 Å². The fraction of sp³-hybridized carbons (Fsp3) is 0.455. The summed E-state index contributed by atoms with van der Waals surface area (Å²) < 4.78 is 17.2. The Hall–Kier alpha value is -2.19. The van der Waals surface area contributed by atoms with Crippen molar-refractivity contribution in [3.8, 4) is 6.01 Å². The quantitative estimate of drug-likeness (QED) is 0.665. The third-order valence-electron chi connectivity index (χ3n) is 6.42. The maximum Gasteiger partial charge on any atom is 0.296 e. The number of aromatic amines is 1. The van der Waals surface area contributed by atoms with E-state index in [0.29, 0.717) is 29.2 Å². The highest BCUT2D eigenvalue weighted by molar-refractivity contribution is 6.31. The van der Waals surface area contributed by atoms with E-state index < -0.39 is 6.10 Å². The molecule has 0 bridgehead atoms. The summed E-state index contributed by atoms with van der Waals surface area (Å²) in [6.45, 7) is 0.615. The predicted molar refractivity (Wildman–Crippen MR) is 110 cm³/mol. The predicted octanol–water partition coefficient (Wildman–Crippen LogP) is 2.79. The molecule has 0 amide bonds. The molecule has 3 aliphatic rings. The number of aromatic nitrogens is 3. The van der Waals surface area contributed by atoms with E-state index in [-0.39, 0.29) is 24.9 Å². The van der Waals surface area contributed by atoms with Gasteiger partial charge >= 0.3 is 0 Å². The van der Waals surface area contributed by atoms with Crippen LogP contribution in [-0.2, 0) is 22.3 Å². The first-order valence-electron chi connectivity index (χ1n) is 10.4. The molecule has 3 aromatic rings. The number of halogens is 1. The number of imidazole rings is 1. The molecule has 30 heavy (non-hydrogen) atoms. The number of fused-ring (bicyclic) bond motifs is 3. The summed E-state index contributed by atoms with van der Waals surface area (Å²) in [5.74, 6) is 0.428. The van der Waals surface area contributed by atoms with Crippen LogP contribution in [0.1, 0.15) is 29.2 Å². The number of benzene rings is 1. The van der Waals surface area contributed by atoms with Crippen LogP contribution in [0.4, 0.5) is 0 Å². The third-order valence-corrected chi connectivity index (χ3v) is 6.75. The molecule has 2 fully saturated rings. The van der Waals surface area contributed by atoms with E-state index in [9.17, 15) is 5.11 Å². The molecule has 4 heterocycles. The molecule has 0 unspecified atom stereocenters. The van der Waals surface area contributed by atoms with Gasteiger partial charge in [-0.15, -0.1) is 0 Å². The van der Waals surface area contributed by atoms with Gasteiger partial charge in [0.2, 0.25) is 0 Å². The Morgan fingerprint density at radius 1 is 1.17 bits per heavy atom. The van der Waals surface area contributed by atoms with Crippen molar-refractivity contribution in [2.24, 2.45) is 0 Å². The molecule has 7 nitrogen and oxygen atoms in total. The van der Waals surface area contributed by atoms with Crippen LogP contribution in [0.25, 0.3) is 11.2 Å². The molecule has 2 aliphatic heterocycles. The number of aliphatic hydroxyl groups excluding tert-OH is 1. The summed E-state index contributed by atoms with van der Waals surface area (Å²) >= 11 is 6.56. The number of nitrogens with zero attached hydrogens (tertiary/aromatic N) is 2. The SMILES string of the molecule is O[C@@H]1CO[C@H]2[C@@H]1OC[C@H]2Oc1nc2nc(C[C@H]3CCc4ccccc43)c(Cl)cc2[nH]1. The molecular formula is C22H22ClN3O4. The van der Waals surface area contributed by atoms with Gasteiger partial charge in [-0.3, -0.25) is 0 Å². The summed E-state index contributed by atoms with van der Waals surface area (Å²) in [4.78, 5) is 12.4. The summed E-state index contributed by atoms with van der Waals surface area (Å²) in [5.41, 5.74) is 4.99. The molecule has 0 radical (unpaired) electrons. The van der Waals surface area contributed by atoms with Gasteiger partial charge in [0, 0.05) is 0 Å². The number of hydrogen-bond donors (Lipinski definition) is 2. The maximum absolute atomic E-state index is 9.88. The molecular weight excluding hydrogens is 406 g/mol. The van der Waals surface area contributed by atoms with Gasteiger partial charge in [-0.25, -0.2) is 4.98 Å². The van der Waals surface area contributed by atoms with Crippen LogP contribution >= 0.6 is 11.6 Å². The lowest BCUT2D eigenvalue weighted by Crippen LogP contribution is -2.34. The van der Waals surface area contributed by atoms with E-state index in [1.165, 1.54) is 11.1 Å². The first kappa shape index (κ1) is 18.6. The van der Waals surface area contributed by atoms with Gasteiger partial charge in [-0.2, -0.15) is 4.98 Å². The molecule has 1 aromatic carbocycles. The van der Waals surface area contributed by atoms with Crippen LogP contribution in [0, 0.1) is 0 Å². The Kier molecular flexibility index (Phi) is 4.46. The number of aliphatic hydroxyl groups is 1. The molecule has 2 aromatic heterocycles. The topological polar surface area (TPSA) is 89.5 Å². The number of rotatable bonds is 4. The summed E-state index contributed by atoms with van der Waals surface area (Å²) in [6, 6.07) is 10.8. The van der Waals surface area contributed by atoms with Crippen molar-refractivity contribution in [3.63, 3.8) is 0 Å². The average Bonchev–Trinajstić information content (AvgIpc) is 3.49. The minimum Gasteiger partial charge on any atom is -0.456 e. The number of aryl methyl sites for hydroxylation is 1. The third kappa shape index (κ3) is 3.08. The highest BCUT2D eigenvalue weighted by Crippen LogP contribution is 2.37. The highest BCUT2D eigenvalue weighted by atomic mass is 35.5. The van der Waals surface area contributed by atoms with Crippen LogP contribution < -0.4 is 4.74 Å². The van der Waals surface area contributed by atoms with Gasteiger partial charge in [0.15, 0.2) is 11.8 Å². The smallest absolute Gasteiger partial charge is 0.296 e. The maximum atomic E-state index is 9.88. The number of hydrogen-bond acceptors (Lipinski definition) is 6. The first-order valence-corrected chi connectivity index (χ1v) is 10.7. The Labute approximate surface area is 178 Å². The van der Waals surface area contributed by atoms with E-state index in [4.69, 9.17) is 30.8 Å². The first-order chi connectivity index (χ1) is 14.7. The van der Waals surface area contributed by atoms with Gasteiger partial charge < -0.3 is 24.3 Å². The Balaban J connectivity index is 1.23. The largest absolute Gasteiger partial charge is 0.456 e. The van der Waals surface area contributed by atoms with Gasteiger partial charge in [0.05, 0.1) is 29.4 Å². The van der Waals surface area contributed by atoms with Gasteiger partial charge in [-0.1, -0.05) is 35.9 Å². The molecule has 2 N–H and O–H groups in total. The summed E-state index contributed by atoms with van der Waals surface area (Å²) in [5, 5.41) is 10.5. The van der Waals surface area contributed by atoms with Crippen LogP contribution in [-0.4, -0.2) is 57.7 Å². The highest BCUT2D eigenvalue weighted by Gasteiger charge is 2.48. The van der Waals surface area contributed by atoms with E-state index in [1.54, 1.807) is 0 Å². The standard InChI is InChI=1S/C22H22ClN3O4/c23-14-8-16-21(24-15(14)7-12-6-5-11-3-1-2-4-13(11)12)26-22(25-16)30-18-10-29-19-17(27)9-28-20(18)19/h1-4,8,12,17-20,27H,5-7,9-10H2,(H,24,25,26)/t12-,17-,18-,19-,20-/m1/s1. The molecule has 6 rings (SSSR count). The zero-order valence-corrected chi connectivity index (χ0v) is 17.0. The van der Waals surface area contributed by atoms with Crippen LogP contribution in [0.2, 0.25) is 5.02 Å². The second kappa shape index (κ2) is 7.20. The fourth-order valence-electron chi connectivity index (χ4n) is 4.91. The van der Waals surface area contributed by atoms with Crippen molar-refractivity contribution in [2.45, 2.75) is 49.6 Å². The Morgan fingerprint density at radius 2 is 2.03 bits per heavy atom. The molecule has 0 spiro atoms. The lowest BCUT2D eigenvalue weighted by atomic mass is 9.96. The molecule has 2 saturated heterocycles. The van der Waals surface area contributed by atoms with Crippen molar-refractivity contribution in [1.82, 2.24) is 15.0 Å². The normalized spacial score (nSPS) is 30.0. The van der Waals surface area contributed by atoms with E-state index >= 15 is 0 Å². The zero-order chi connectivity index (χ0) is 20.2. The number of pyridine rings is 1. The van der Waals surface area contributed by atoms with Gasteiger partial charge in [0.25, 0.3) is 6.01 Å². The van der Waals surface area contributed by atoms with E-state index in [2.05, 4.69) is 34.2 Å². The number of H-pyrrole nitrogens is 1. The molecule has 1 aliphatic carbocycles. The van der Waals surface area contributed by atoms with Crippen molar-refractivity contribution in [3.05, 3.63) is 52.2 Å². The summed E-state index contributed by atoms with van der Waals surface area (Å²) in [6.07, 6.45) is 1.45. The number of ether oxygens (including phenoxy) is 3. The van der Waals surface area contributed by atoms with Crippen molar-refractivity contribution in [1.29, 1.82) is 0 Å². The van der Waals surface area contributed by atoms with Crippen LogP contribution in [0.5, 0.6) is 6.01 Å². The van der Waals surface area contributed by atoms with E-state index in [0.717, 1.165) is 30.5 Å². The van der Waals surface area contributed by atoms with Gasteiger partial charge in [-0.05, 0) is 42.4 Å². The lowest BCUT2D eigenvalue weighted by Gasteiger charge is -2.15. The second-order valence-corrected chi connectivity index (χ2v) is 8.70. The van der Waals surface area contributed by atoms with Gasteiger partial charge in [0.1, 0.15) is 18.3 Å². The fourth-order valence-corrected chi connectivity index (χ4v) is 5.14.